The molecule has 0 aliphatic heterocycles. The van der Waals surface area contributed by atoms with Gasteiger partial charge in [0.25, 0.3) is 0 Å². The summed E-state index contributed by atoms with van der Waals surface area (Å²) in [6.07, 6.45) is 1.52. The third kappa shape index (κ3) is 4.76. The zero-order valence-corrected chi connectivity index (χ0v) is 17.9. The molecule has 1 aromatic heterocycles. The van der Waals surface area contributed by atoms with Crippen LogP contribution in [0.3, 0.4) is 0 Å². The molecule has 0 aliphatic rings. The Balaban J connectivity index is 1.90. The second-order valence-corrected chi connectivity index (χ2v) is 9.34. The van der Waals surface area contributed by atoms with Crippen LogP contribution in [0.25, 0.3) is 10.9 Å². The molecule has 1 atom stereocenters. The molecule has 1 heterocycles. The molecule has 0 radical (unpaired) electrons. The second kappa shape index (κ2) is 8.65. The summed E-state index contributed by atoms with van der Waals surface area (Å²) in [5, 5.41) is 4.16. The van der Waals surface area contributed by atoms with Gasteiger partial charge >= 0.3 is 0 Å². The number of rotatable bonds is 8. The first-order chi connectivity index (χ1) is 13.8. The first-order valence-electron chi connectivity index (χ1n) is 9.41. The van der Waals surface area contributed by atoms with Gasteiger partial charge in [0.05, 0.1) is 22.4 Å². The maximum Gasteiger partial charge on any atom is 0.163 e. The Bertz CT molecular complexity index is 1110. The van der Waals surface area contributed by atoms with Crippen molar-refractivity contribution in [1.29, 1.82) is 4.78 Å². The molecule has 2 N–H and O–H groups in total. The van der Waals surface area contributed by atoms with Gasteiger partial charge in [0.1, 0.15) is 18.8 Å². The van der Waals surface area contributed by atoms with Crippen molar-refractivity contribution in [2.24, 2.45) is 0 Å². The quantitative estimate of drug-likeness (QED) is 0.565. The zero-order chi connectivity index (χ0) is 21.0. The number of hydrogen-bond donors (Lipinski definition) is 2. The highest BCUT2D eigenvalue weighted by molar-refractivity contribution is 7.92. The van der Waals surface area contributed by atoms with Gasteiger partial charge in [0.2, 0.25) is 0 Å². The van der Waals surface area contributed by atoms with Crippen LogP contribution in [0.5, 0.6) is 11.5 Å². The second-order valence-electron chi connectivity index (χ2n) is 6.94. The van der Waals surface area contributed by atoms with Crippen molar-refractivity contribution in [3.05, 3.63) is 48.3 Å². The van der Waals surface area contributed by atoms with Crippen molar-refractivity contribution < 1.29 is 13.7 Å². The van der Waals surface area contributed by atoms with Crippen molar-refractivity contribution in [3.63, 3.8) is 0 Å². The molecule has 0 saturated carbocycles. The van der Waals surface area contributed by atoms with Crippen molar-refractivity contribution in [1.82, 2.24) is 9.97 Å². The summed E-state index contributed by atoms with van der Waals surface area (Å²) in [4.78, 5) is 9.19. The maximum absolute atomic E-state index is 12.3. The van der Waals surface area contributed by atoms with Crippen LogP contribution in [0, 0.1) is 4.78 Å². The van der Waals surface area contributed by atoms with Crippen LogP contribution >= 0.6 is 0 Å². The summed E-state index contributed by atoms with van der Waals surface area (Å²) < 4.78 is 31.8. The van der Waals surface area contributed by atoms with Crippen LogP contribution in [0.1, 0.15) is 26.3 Å². The summed E-state index contributed by atoms with van der Waals surface area (Å²) in [5.41, 5.74) is 1.58. The first kappa shape index (κ1) is 20.9. The number of aromatic nitrogens is 2. The van der Waals surface area contributed by atoms with Crippen LogP contribution in [-0.4, -0.2) is 33.1 Å². The summed E-state index contributed by atoms with van der Waals surface area (Å²) in [6.45, 7) is 6.11. The molecule has 8 heteroatoms. The van der Waals surface area contributed by atoms with E-state index in [1.165, 1.54) is 6.33 Å². The van der Waals surface area contributed by atoms with Crippen LogP contribution < -0.4 is 14.8 Å². The number of nitrogens with one attached hydrogen (secondary N) is 2. The molecule has 0 bridgehead atoms. The van der Waals surface area contributed by atoms with E-state index in [1.807, 2.05) is 32.0 Å². The van der Waals surface area contributed by atoms with Gasteiger partial charge in [-0.3, -0.25) is 0 Å². The first-order valence-corrected chi connectivity index (χ1v) is 11.1. The SMILES string of the molecule is CCS(=N)(=O)c1cccc(COc2cc3ncnc(NC(C)C)c3cc2OC)c1. The Hall–Kier alpha value is -2.87. The highest BCUT2D eigenvalue weighted by Crippen LogP contribution is 2.34. The molecule has 1 unspecified atom stereocenters. The molecule has 154 valence electrons. The Morgan fingerprint density at radius 3 is 2.66 bits per heavy atom. The van der Waals surface area contributed by atoms with Gasteiger partial charge in [-0.1, -0.05) is 19.1 Å². The predicted octanol–water partition coefficient (Wildman–Crippen LogP) is 4.46. The third-order valence-corrected chi connectivity index (χ3v) is 6.25. The maximum atomic E-state index is 12.3. The van der Waals surface area contributed by atoms with Gasteiger partial charge in [0.15, 0.2) is 11.5 Å². The molecule has 7 nitrogen and oxygen atoms in total. The third-order valence-electron chi connectivity index (χ3n) is 4.43. The van der Waals surface area contributed by atoms with Crippen LogP contribution in [0.2, 0.25) is 0 Å². The smallest absolute Gasteiger partial charge is 0.163 e. The molecule has 3 rings (SSSR count). The highest BCUT2D eigenvalue weighted by atomic mass is 32.2. The van der Waals surface area contributed by atoms with E-state index in [0.717, 1.165) is 22.3 Å². The van der Waals surface area contributed by atoms with E-state index in [9.17, 15) is 4.21 Å². The summed E-state index contributed by atoms with van der Waals surface area (Å²) >= 11 is 0. The number of ether oxygens (including phenoxy) is 2. The summed E-state index contributed by atoms with van der Waals surface area (Å²) in [6, 6.07) is 11.1. The van der Waals surface area contributed by atoms with Crippen LogP contribution in [0.15, 0.2) is 47.6 Å². The lowest BCUT2D eigenvalue weighted by Gasteiger charge is -2.15. The number of hydrogen-bond acceptors (Lipinski definition) is 7. The molecule has 0 saturated heterocycles. The van der Waals surface area contributed by atoms with E-state index in [0.29, 0.717) is 16.4 Å². The van der Waals surface area contributed by atoms with Gasteiger partial charge in [0, 0.05) is 28.1 Å². The van der Waals surface area contributed by atoms with Gasteiger partial charge in [-0.2, -0.15) is 0 Å². The van der Waals surface area contributed by atoms with Gasteiger partial charge < -0.3 is 14.8 Å². The lowest BCUT2D eigenvalue weighted by Crippen LogP contribution is -2.11. The topological polar surface area (TPSA) is 97.2 Å². The average Bonchev–Trinajstić information content (AvgIpc) is 2.71. The lowest BCUT2D eigenvalue weighted by molar-refractivity contribution is 0.285. The van der Waals surface area contributed by atoms with E-state index < -0.39 is 9.73 Å². The minimum atomic E-state index is -2.76. The molecule has 0 spiro atoms. The van der Waals surface area contributed by atoms with Gasteiger partial charge in [-0.25, -0.2) is 19.0 Å². The molecular weight excluding hydrogens is 388 g/mol. The van der Waals surface area contributed by atoms with E-state index in [2.05, 4.69) is 15.3 Å². The van der Waals surface area contributed by atoms with E-state index in [-0.39, 0.29) is 18.4 Å². The fourth-order valence-electron chi connectivity index (χ4n) is 2.89. The van der Waals surface area contributed by atoms with E-state index in [4.69, 9.17) is 14.3 Å². The zero-order valence-electron chi connectivity index (χ0n) is 17.1. The average molecular weight is 415 g/mol. The Labute approximate surface area is 171 Å². The van der Waals surface area contributed by atoms with Gasteiger partial charge in [-0.15, -0.1) is 0 Å². The molecule has 29 heavy (non-hydrogen) atoms. The normalized spacial score (nSPS) is 13.3. The molecule has 3 aromatic rings. The number of anilines is 1. The monoisotopic (exact) mass is 414 g/mol. The molecule has 0 aliphatic carbocycles. The number of methoxy groups -OCH3 is 1. The summed E-state index contributed by atoms with van der Waals surface area (Å²) in [5.74, 6) is 2.16. The Morgan fingerprint density at radius 1 is 1.17 bits per heavy atom. The fraction of sp³-hybridized carbons (Fsp3) is 0.333. The molecule has 2 aromatic carbocycles. The molecule has 0 fully saturated rings. The predicted molar refractivity (Wildman–Crippen MR) is 115 cm³/mol. The number of benzene rings is 2. The van der Waals surface area contributed by atoms with Gasteiger partial charge in [-0.05, 0) is 37.6 Å². The van der Waals surface area contributed by atoms with Crippen molar-refractivity contribution in [3.8, 4) is 11.5 Å². The standard InChI is InChI=1S/C21H26N4O3S/c1-5-29(22,26)16-8-6-7-15(9-16)12-28-20-11-18-17(10-19(20)27-4)21(24-13-23-18)25-14(2)3/h6-11,13-14,22H,5,12H2,1-4H3,(H,23,24,25). The minimum absolute atomic E-state index is 0.234. The van der Waals surface area contributed by atoms with Crippen LogP contribution in [0.4, 0.5) is 5.82 Å². The number of fused-ring (bicyclic) bond motifs is 1. The fourth-order valence-corrected chi connectivity index (χ4v) is 3.87. The highest BCUT2D eigenvalue weighted by Gasteiger charge is 2.13. The molecule has 0 amide bonds. The Morgan fingerprint density at radius 2 is 1.97 bits per heavy atom. The Kier molecular flexibility index (Phi) is 6.22. The van der Waals surface area contributed by atoms with Crippen molar-refractivity contribution in [2.45, 2.75) is 38.3 Å². The van der Waals surface area contributed by atoms with Crippen LogP contribution in [-0.2, 0) is 16.3 Å². The lowest BCUT2D eigenvalue weighted by atomic mass is 10.2. The van der Waals surface area contributed by atoms with E-state index >= 15 is 0 Å². The minimum Gasteiger partial charge on any atom is -0.493 e. The summed E-state index contributed by atoms with van der Waals surface area (Å²) in [7, 11) is -1.18. The van der Waals surface area contributed by atoms with Crippen molar-refractivity contribution >= 4 is 26.4 Å². The largest absolute Gasteiger partial charge is 0.493 e. The molecular formula is C21H26N4O3S. The van der Waals surface area contributed by atoms with E-state index in [1.54, 1.807) is 32.2 Å². The number of nitrogens with zero attached hydrogens (tertiary/aromatic N) is 2. The van der Waals surface area contributed by atoms with Crippen molar-refractivity contribution in [2.75, 3.05) is 18.2 Å².